The third-order valence-corrected chi connectivity index (χ3v) is 5.87. The van der Waals surface area contributed by atoms with Crippen LogP contribution in [0.25, 0.3) is 0 Å². The number of hydrogen-bond acceptors (Lipinski definition) is 8. The van der Waals surface area contributed by atoms with E-state index in [1.165, 1.54) is 36.0 Å². The molecule has 0 bridgehead atoms. The van der Waals surface area contributed by atoms with Crippen LogP contribution in [0, 0.1) is 0 Å². The highest BCUT2D eigenvalue weighted by atomic mass is 32.2. The summed E-state index contributed by atoms with van der Waals surface area (Å²) in [6, 6.07) is 5.51. The van der Waals surface area contributed by atoms with E-state index < -0.39 is 34.2 Å². The lowest BCUT2D eigenvalue weighted by Crippen LogP contribution is -2.36. The molecule has 0 radical (unpaired) electrons. The molecule has 1 aromatic carbocycles. The van der Waals surface area contributed by atoms with Crippen molar-refractivity contribution < 1.29 is 32.3 Å². The van der Waals surface area contributed by atoms with Crippen LogP contribution in [0.1, 0.15) is 38.1 Å². The van der Waals surface area contributed by atoms with Gasteiger partial charge in [0.2, 0.25) is 11.8 Å². The topological polar surface area (TPSA) is 127 Å². The summed E-state index contributed by atoms with van der Waals surface area (Å²) in [5.74, 6) is -2.56. The fourth-order valence-corrected chi connectivity index (χ4v) is 4.27. The average Bonchev–Trinajstić information content (AvgIpc) is 2.83. The molecule has 2 rings (SSSR count). The van der Waals surface area contributed by atoms with Gasteiger partial charge in [0.15, 0.2) is 0 Å². The number of carbonyl (C=O) groups excluding carboxylic acids is 4. The Labute approximate surface area is 175 Å². The van der Waals surface area contributed by atoms with E-state index in [2.05, 4.69) is 5.32 Å². The van der Waals surface area contributed by atoms with Crippen molar-refractivity contribution in [2.24, 2.45) is 0 Å². The summed E-state index contributed by atoms with van der Waals surface area (Å²) in [4.78, 5) is 47.0. The smallest absolute Gasteiger partial charge is 0.306 e. The number of carbonyl (C=O) groups is 4. The Morgan fingerprint density at radius 3 is 2.41 bits per heavy atom. The monoisotopic (exact) mass is 446 g/mol. The van der Waals surface area contributed by atoms with E-state index in [1.54, 1.807) is 6.26 Å². The van der Waals surface area contributed by atoms with Crippen molar-refractivity contribution in [1.82, 2.24) is 9.62 Å². The standard InChI is InChI=1S/C16H18N2O7S2.2CH4/c1-26-10-13(19)17-8-9-25-15(21)7-6-14(20)18-16(22)11-4-2-3-5-12(11)27(18,23)24;;/h2-5H,6-10H2,1H3,(H,17,19);2*1H4. The second-order valence-corrected chi connectivity index (χ2v) is 8.09. The first kappa shape index (κ1) is 26.6. The average molecular weight is 447 g/mol. The molecule has 0 saturated carbocycles. The van der Waals surface area contributed by atoms with Gasteiger partial charge in [-0.15, -0.1) is 0 Å². The molecule has 0 unspecified atom stereocenters. The highest BCUT2D eigenvalue weighted by Crippen LogP contribution is 2.30. The number of sulfonamides is 1. The van der Waals surface area contributed by atoms with Gasteiger partial charge in [-0.05, 0) is 18.4 Å². The van der Waals surface area contributed by atoms with E-state index in [0.29, 0.717) is 5.75 Å². The van der Waals surface area contributed by atoms with Crippen LogP contribution in [0.3, 0.4) is 0 Å². The fraction of sp³-hybridized carbons (Fsp3) is 0.444. The van der Waals surface area contributed by atoms with Crippen LogP contribution in [0.15, 0.2) is 29.2 Å². The summed E-state index contributed by atoms with van der Waals surface area (Å²) < 4.78 is 29.7. The predicted molar refractivity (Wildman–Crippen MR) is 110 cm³/mol. The van der Waals surface area contributed by atoms with Gasteiger partial charge in [-0.25, -0.2) is 8.42 Å². The molecule has 0 spiro atoms. The van der Waals surface area contributed by atoms with Crippen LogP contribution >= 0.6 is 11.8 Å². The number of fused-ring (bicyclic) bond motifs is 1. The van der Waals surface area contributed by atoms with Gasteiger partial charge in [-0.3, -0.25) is 19.2 Å². The third kappa shape index (κ3) is 6.29. The Morgan fingerprint density at radius 1 is 1.14 bits per heavy atom. The zero-order valence-corrected chi connectivity index (χ0v) is 16.1. The molecule has 3 amide bonds. The number of amides is 3. The number of ether oxygens (including phenoxy) is 1. The molecule has 1 N–H and O–H groups in total. The number of nitrogens with one attached hydrogen (secondary N) is 1. The predicted octanol–water partition coefficient (Wildman–Crippen LogP) is 1.43. The summed E-state index contributed by atoms with van der Waals surface area (Å²) in [5, 5.41) is 2.54. The Kier molecular flexibility index (Phi) is 10.6. The highest BCUT2D eigenvalue weighted by molar-refractivity contribution is 7.99. The van der Waals surface area contributed by atoms with Crippen LogP contribution in [-0.2, 0) is 29.1 Å². The van der Waals surface area contributed by atoms with E-state index in [0.717, 1.165) is 0 Å². The van der Waals surface area contributed by atoms with Crippen molar-refractivity contribution >= 4 is 45.5 Å². The van der Waals surface area contributed by atoms with Crippen LogP contribution in [0.2, 0.25) is 0 Å². The van der Waals surface area contributed by atoms with Gasteiger partial charge in [-0.2, -0.15) is 16.1 Å². The summed E-state index contributed by atoms with van der Waals surface area (Å²) in [5.41, 5.74) is -0.0746. The first-order valence-electron chi connectivity index (χ1n) is 7.92. The third-order valence-electron chi connectivity index (χ3n) is 3.55. The largest absolute Gasteiger partial charge is 0.464 e. The van der Waals surface area contributed by atoms with E-state index in [1.807, 2.05) is 0 Å². The normalized spacial score (nSPS) is 13.6. The van der Waals surface area contributed by atoms with Crippen LogP contribution in [0.4, 0.5) is 0 Å². The van der Waals surface area contributed by atoms with Crippen molar-refractivity contribution in [3.63, 3.8) is 0 Å². The minimum absolute atomic E-state index is 0. The van der Waals surface area contributed by atoms with Gasteiger partial charge in [0.1, 0.15) is 11.5 Å². The number of imide groups is 1. The van der Waals surface area contributed by atoms with Crippen molar-refractivity contribution in [3.05, 3.63) is 29.8 Å². The molecule has 162 valence electrons. The number of rotatable bonds is 8. The van der Waals surface area contributed by atoms with E-state index >= 15 is 0 Å². The molecule has 1 aliphatic rings. The van der Waals surface area contributed by atoms with Crippen LogP contribution < -0.4 is 5.32 Å². The van der Waals surface area contributed by atoms with Gasteiger partial charge in [0.25, 0.3) is 15.9 Å². The SMILES string of the molecule is C.C.CSCC(=O)NCCOC(=O)CCC(=O)N1C(=O)c2ccccc2S1(=O)=O. The minimum Gasteiger partial charge on any atom is -0.464 e. The van der Waals surface area contributed by atoms with Gasteiger partial charge in [0, 0.05) is 6.42 Å². The summed E-state index contributed by atoms with van der Waals surface area (Å²) in [6.45, 7) is 0.0624. The highest BCUT2D eigenvalue weighted by Gasteiger charge is 2.44. The fourth-order valence-electron chi connectivity index (χ4n) is 2.35. The van der Waals surface area contributed by atoms with Gasteiger partial charge >= 0.3 is 5.97 Å². The van der Waals surface area contributed by atoms with E-state index in [9.17, 15) is 27.6 Å². The summed E-state index contributed by atoms with van der Waals surface area (Å²) in [7, 11) is -4.25. The molecular weight excluding hydrogens is 420 g/mol. The Bertz CT molecular complexity index is 869. The van der Waals surface area contributed by atoms with Gasteiger partial charge in [-0.1, -0.05) is 27.0 Å². The zero-order chi connectivity index (χ0) is 20.0. The molecule has 11 heteroatoms. The molecule has 29 heavy (non-hydrogen) atoms. The molecular formula is C18H26N2O7S2. The Hall–Kier alpha value is -2.40. The molecule has 1 heterocycles. The minimum atomic E-state index is -4.25. The number of hydrogen-bond donors (Lipinski definition) is 1. The van der Waals surface area contributed by atoms with Crippen molar-refractivity contribution in [2.75, 3.05) is 25.2 Å². The van der Waals surface area contributed by atoms with Gasteiger partial charge < -0.3 is 10.1 Å². The van der Waals surface area contributed by atoms with Crippen molar-refractivity contribution in [2.45, 2.75) is 32.6 Å². The molecule has 0 saturated heterocycles. The zero-order valence-electron chi connectivity index (χ0n) is 14.5. The summed E-state index contributed by atoms with van der Waals surface area (Å²) in [6.07, 6.45) is 0.907. The first-order chi connectivity index (χ1) is 12.8. The number of nitrogens with zero attached hydrogens (tertiary/aromatic N) is 1. The van der Waals surface area contributed by atoms with Crippen LogP contribution in [-0.4, -0.2) is 61.6 Å². The van der Waals surface area contributed by atoms with Crippen LogP contribution in [0.5, 0.6) is 0 Å². The lowest BCUT2D eigenvalue weighted by molar-refractivity contribution is -0.145. The maximum atomic E-state index is 12.3. The lowest BCUT2D eigenvalue weighted by Gasteiger charge is -2.12. The molecule has 1 aromatic rings. The Balaban J connectivity index is 0.00000392. The maximum absolute atomic E-state index is 12.3. The van der Waals surface area contributed by atoms with Gasteiger partial charge in [0.05, 0.1) is 24.3 Å². The molecule has 9 nitrogen and oxygen atoms in total. The molecule has 0 aromatic heterocycles. The van der Waals surface area contributed by atoms with E-state index in [-0.39, 0.29) is 55.1 Å². The van der Waals surface area contributed by atoms with E-state index in [4.69, 9.17) is 4.74 Å². The number of benzene rings is 1. The summed E-state index contributed by atoms with van der Waals surface area (Å²) >= 11 is 1.35. The molecule has 1 aliphatic heterocycles. The lowest BCUT2D eigenvalue weighted by atomic mass is 10.2. The Morgan fingerprint density at radius 2 is 1.79 bits per heavy atom. The molecule has 0 fully saturated rings. The quantitative estimate of drug-likeness (QED) is 0.469. The number of esters is 1. The van der Waals surface area contributed by atoms with Crippen molar-refractivity contribution in [3.8, 4) is 0 Å². The second-order valence-electron chi connectivity index (χ2n) is 5.47. The molecule has 0 atom stereocenters. The number of thioether (sulfide) groups is 1. The maximum Gasteiger partial charge on any atom is 0.306 e. The first-order valence-corrected chi connectivity index (χ1v) is 10.7. The molecule has 0 aliphatic carbocycles. The second kappa shape index (κ2) is 11.6. The van der Waals surface area contributed by atoms with Crippen molar-refractivity contribution in [1.29, 1.82) is 0 Å².